The van der Waals surface area contributed by atoms with E-state index < -0.39 is 0 Å². The fraction of sp³-hybridized carbons (Fsp3) is 0.480. The van der Waals surface area contributed by atoms with Crippen LogP contribution in [0.5, 0.6) is 0 Å². The topological polar surface area (TPSA) is 3.24 Å². The van der Waals surface area contributed by atoms with Gasteiger partial charge in [0.1, 0.15) is 0 Å². The molecule has 0 aromatic heterocycles. The van der Waals surface area contributed by atoms with E-state index in [1.807, 2.05) is 0 Å². The zero-order valence-electron chi connectivity index (χ0n) is 18.4. The average molecular weight is 485 g/mol. The van der Waals surface area contributed by atoms with Crippen molar-refractivity contribution in [3.63, 3.8) is 0 Å². The second-order valence-corrected chi connectivity index (χ2v) is 11.4. The van der Waals surface area contributed by atoms with Crippen LogP contribution in [0.2, 0.25) is 0 Å². The second kappa shape index (κ2) is 12.7. The zero-order valence-corrected chi connectivity index (χ0v) is 20.9. The minimum Gasteiger partial charge on any atom is -0.413 e. The number of rotatable bonds is 4. The van der Waals surface area contributed by atoms with Crippen LogP contribution in [0.4, 0.5) is 5.69 Å². The largest absolute Gasteiger partial charge is 0.413 e. The quantitative estimate of drug-likeness (QED) is 0.191. The summed E-state index contributed by atoms with van der Waals surface area (Å²) in [6.07, 6.45) is 14.0. The third kappa shape index (κ3) is 6.89. The summed E-state index contributed by atoms with van der Waals surface area (Å²) >= 11 is 0. The predicted octanol–water partition coefficient (Wildman–Crippen LogP) is 7.22. The molecule has 0 unspecified atom stereocenters. The van der Waals surface area contributed by atoms with E-state index >= 15 is 0 Å². The number of allylic oxidation sites excluding steroid dienone is 4. The Hall–Kier alpha value is -0.837. The zero-order chi connectivity index (χ0) is 19.8. The van der Waals surface area contributed by atoms with E-state index in [9.17, 15) is 0 Å². The SMILES string of the molecule is C1=C\CC/C=C\CC/1.CC(C)P(c1c(N(C)C)c[c-]2ccccc12)C(C)C.[Rh]. The minimum absolute atomic E-state index is 0. The molecule has 2 aromatic rings. The van der Waals surface area contributed by atoms with Gasteiger partial charge in [0.2, 0.25) is 0 Å². The third-order valence-electron chi connectivity index (χ3n) is 4.94. The maximum absolute atomic E-state index is 2.37. The van der Waals surface area contributed by atoms with Gasteiger partial charge < -0.3 is 4.90 Å². The Balaban J connectivity index is 0.000000367. The summed E-state index contributed by atoms with van der Waals surface area (Å²) in [5.74, 6) is 0. The molecule has 0 N–H and O–H groups in total. The van der Waals surface area contributed by atoms with E-state index in [2.05, 4.69) is 101 Å². The summed E-state index contributed by atoms with van der Waals surface area (Å²) in [7, 11) is 4.19. The van der Waals surface area contributed by atoms with Gasteiger partial charge in [-0.05, 0) is 56.8 Å². The molecule has 0 amide bonds. The van der Waals surface area contributed by atoms with E-state index in [1.54, 1.807) is 5.30 Å². The van der Waals surface area contributed by atoms with Crippen LogP contribution in [-0.4, -0.2) is 25.4 Å². The summed E-state index contributed by atoms with van der Waals surface area (Å²) in [5.41, 5.74) is 2.86. The van der Waals surface area contributed by atoms with Gasteiger partial charge in [-0.2, -0.15) is 0 Å². The van der Waals surface area contributed by atoms with Crippen molar-refractivity contribution in [1.82, 2.24) is 0 Å². The van der Waals surface area contributed by atoms with Gasteiger partial charge in [-0.25, -0.2) is 0 Å². The molecular formula is C25H37NPRh-. The van der Waals surface area contributed by atoms with Crippen LogP contribution in [0.15, 0.2) is 54.6 Å². The molecule has 1 aliphatic carbocycles. The van der Waals surface area contributed by atoms with E-state index in [0.29, 0.717) is 0 Å². The van der Waals surface area contributed by atoms with Crippen LogP contribution in [-0.2, 0) is 19.5 Å². The van der Waals surface area contributed by atoms with Gasteiger partial charge in [0, 0.05) is 19.5 Å². The maximum Gasteiger partial charge on any atom is 0 e. The van der Waals surface area contributed by atoms with E-state index in [1.165, 1.54) is 42.1 Å². The molecule has 0 aliphatic heterocycles. The van der Waals surface area contributed by atoms with Crippen molar-refractivity contribution >= 4 is 29.7 Å². The Morgan fingerprint density at radius 3 is 1.79 bits per heavy atom. The van der Waals surface area contributed by atoms with Crippen molar-refractivity contribution in [2.24, 2.45) is 0 Å². The van der Waals surface area contributed by atoms with Crippen LogP contribution in [0.1, 0.15) is 53.4 Å². The molecule has 1 nitrogen and oxygen atoms in total. The first-order valence-corrected chi connectivity index (χ1v) is 11.9. The standard InChI is InChI=1S/C17H25NP.C8H12.Rh/c1-12(2)19(13(3)4)17-15-10-8-7-9-14(15)11-16(17)18(5)6;1-2-4-6-8-7-5-3-1;/h7-13H,1-6H3;1-2,7-8H,3-6H2;/q-1;;/b;2-1-,8-7-;. The van der Waals surface area contributed by atoms with Crippen LogP contribution < -0.4 is 10.2 Å². The average Bonchev–Trinajstić information content (AvgIpc) is 2.94. The minimum atomic E-state index is -0.131. The second-order valence-electron chi connectivity index (χ2n) is 8.05. The number of anilines is 1. The number of hydrogen-bond acceptors (Lipinski definition) is 1. The Bertz CT molecular complexity index is 721. The van der Waals surface area contributed by atoms with E-state index in [4.69, 9.17) is 0 Å². The third-order valence-corrected chi connectivity index (χ3v) is 8.15. The molecule has 0 spiro atoms. The molecule has 0 fully saturated rings. The fourth-order valence-electron chi connectivity index (χ4n) is 3.77. The van der Waals surface area contributed by atoms with Gasteiger partial charge in [0.25, 0.3) is 0 Å². The molecule has 0 bridgehead atoms. The molecule has 28 heavy (non-hydrogen) atoms. The maximum atomic E-state index is 2.37. The van der Waals surface area contributed by atoms with Gasteiger partial charge >= 0.3 is 0 Å². The van der Waals surface area contributed by atoms with Crippen LogP contribution >= 0.6 is 7.92 Å². The first kappa shape index (κ1) is 25.2. The van der Waals surface area contributed by atoms with Crippen LogP contribution in [0.25, 0.3) is 10.8 Å². The summed E-state index contributed by atoms with van der Waals surface area (Å²) in [5, 5.41) is 4.44. The molecule has 2 aromatic carbocycles. The molecule has 1 radical (unpaired) electrons. The van der Waals surface area contributed by atoms with Gasteiger partial charge in [-0.3, -0.25) is 0 Å². The summed E-state index contributed by atoms with van der Waals surface area (Å²) in [6, 6.07) is 11.2. The number of fused-ring (bicyclic) bond motifs is 1. The summed E-state index contributed by atoms with van der Waals surface area (Å²) in [4.78, 5) is 2.27. The monoisotopic (exact) mass is 485 g/mol. The first-order valence-electron chi connectivity index (χ1n) is 10.4. The van der Waals surface area contributed by atoms with Gasteiger partial charge in [-0.1, -0.05) is 62.7 Å². The summed E-state index contributed by atoms with van der Waals surface area (Å²) in [6.45, 7) is 9.47. The molecule has 0 heterocycles. The van der Waals surface area contributed by atoms with Crippen LogP contribution in [0, 0.1) is 0 Å². The van der Waals surface area contributed by atoms with Gasteiger partial charge in [0.15, 0.2) is 0 Å². The van der Waals surface area contributed by atoms with Crippen molar-refractivity contribution in [2.75, 3.05) is 19.0 Å². The molecule has 1 aliphatic rings. The Morgan fingerprint density at radius 1 is 0.857 bits per heavy atom. The molecule has 157 valence electrons. The van der Waals surface area contributed by atoms with Crippen LogP contribution in [0.3, 0.4) is 0 Å². The van der Waals surface area contributed by atoms with Gasteiger partial charge in [-0.15, -0.1) is 43.6 Å². The Morgan fingerprint density at radius 2 is 1.36 bits per heavy atom. The van der Waals surface area contributed by atoms with Crippen molar-refractivity contribution in [2.45, 2.75) is 64.7 Å². The fourth-order valence-corrected chi connectivity index (χ4v) is 7.01. The molecular weight excluding hydrogens is 448 g/mol. The number of hydrogen-bond donors (Lipinski definition) is 0. The van der Waals surface area contributed by atoms with Gasteiger partial charge in [0.05, 0.1) is 0 Å². The van der Waals surface area contributed by atoms with E-state index in [0.717, 1.165) is 11.3 Å². The number of nitrogens with zero attached hydrogens (tertiary/aromatic N) is 1. The molecule has 0 saturated carbocycles. The van der Waals surface area contributed by atoms with Crippen molar-refractivity contribution < 1.29 is 19.5 Å². The normalized spacial score (nSPS) is 16.2. The molecule has 0 saturated heterocycles. The first-order chi connectivity index (χ1) is 12.9. The molecule has 3 heteroatoms. The van der Waals surface area contributed by atoms with Crippen molar-refractivity contribution in [3.05, 3.63) is 54.6 Å². The predicted molar refractivity (Wildman–Crippen MR) is 127 cm³/mol. The number of benzene rings is 1. The Kier molecular flexibility index (Phi) is 11.4. The Labute approximate surface area is 187 Å². The van der Waals surface area contributed by atoms with Crippen molar-refractivity contribution in [1.29, 1.82) is 0 Å². The van der Waals surface area contributed by atoms with Crippen molar-refractivity contribution in [3.8, 4) is 0 Å². The summed E-state index contributed by atoms with van der Waals surface area (Å²) < 4.78 is 0. The molecule has 0 atom stereocenters. The van der Waals surface area contributed by atoms with E-state index in [-0.39, 0.29) is 27.4 Å². The molecule has 3 rings (SSSR count). The smallest absolute Gasteiger partial charge is 0 e.